The van der Waals surface area contributed by atoms with Crippen LogP contribution in [0.25, 0.3) is 5.69 Å². The van der Waals surface area contributed by atoms with E-state index in [9.17, 15) is 0 Å². The zero-order valence-electron chi connectivity index (χ0n) is 10.2. The quantitative estimate of drug-likeness (QED) is 0.810. The molecule has 0 bridgehead atoms. The topological polar surface area (TPSA) is 67.6 Å². The summed E-state index contributed by atoms with van der Waals surface area (Å²) in [6.07, 6.45) is 0. The molecular formula is C13H14N4. The second-order valence-electron chi connectivity index (χ2n) is 4.09. The molecule has 2 N–H and O–H groups in total. The smallest absolute Gasteiger partial charge is 0.145 e. The normalized spacial score (nSPS) is 10.2. The van der Waals surface area contributed by atoms with Crippen LogP contribution in [0.1, 0.15) is 22.4 Å². The van der Waals surface area contributed by atoms with Crippen molar-refractivity contribution >= 4 is 5.82 Å². The number of nitrogens with two attached hydrogens (primary N) is 1. The summed E-state index contributed by atoms with van der Waals surface area (Å²) >= 11 is 0. The summed E-state index contributed by atoms with van der Waals surface area (Å²) in [6, 6.07) is 8.03. The predicted octanol–water partition coefficient (Wildman–Crippen LogP) is 2.25. The van der Waals surface area contributed by atoms with Crippen LogP contribution in [0.4, 0.5) is 5.82 Å². The van der Waals surface area contributed by atoms with Gasteiger partial charge < -0.3 is 5.73 Å². The molecular weight excluding hydrogens is 212 g/mol. The van der Waals surface area contributed by atoms with E-state index in [0.717, 1.165) is 11.3 Å². The van der Waals surface area contributed by atoms with Crippen LogP contribution in [-0.4, -0.2) is 9.78 Å². The molecule has 0 aliphatic rings. The number of aromatic nitrogens is 2. The lowest BCUT2D eigenvalue weighted by atomic mass is 10.1. The van der Waals surface area contributed by atoms with Gasteiger partial charge in [-0.05, 0) is 38.0 Å². The number of hydrogen-bond donors (Lipinski definition) is 1. The number of benzene rings is 1. The van der Waals surface area contributed by atoms with Crippen molar-refractivity contribution in [2.24, 2.45) is 0 Å². The van der Waals surface area contributed by atoms with Crippen LogP contribution in [0, 0.1) is 32.1 Å². The molecule has 1 heterocycles. The first-order chi connectivity index (χ1) is 8.06. The second kappa shape index (κ2) is 3.95. The Labute approximate surface area is 100 Å². The maximum Gasteiger partial charge on any atom is 0.145 e. The molecule has 1 aromatic carbocycles. The van der Waals surface area contributed by atoms with E-state index in [1.54, 1.807) is 11.6 Å². The van der Waals surface area contributed by atoms with Gasteiger partial charge in [-0.15, -0.1) is 0 Å². The van der Waals surface area contributed by atoms with Gasteiger partial charge in [0.05, 0.1) is 11.4 Å². The predicted molar refractivity (Wildman–Crippen MR) is 66.9 cm³/mol. The highest BCUT2D eigenvalue weighted by Crippen LogP contribution is 2.23. The average molecular weight is 226 g/mol. The molecule has 0 fully saturated rings. The Bertz CT molecular complexity index is 617. The van der Waals surface area contributed by atoms with Crippen molar-refractivity contribution in [1.82, 2.24) is 9.78 Å². The van der Waals surface area contributed by atoms with Gasteiger partial charge in [-0.25, -0.2) is 4.68 Å². The zero-order valence-corrected chi connectivity index (χ0v) is 10.2. The van der Waals surface area contributed by atoms with Gasteiger partial charge >= 0.3 is 0 Å². The molecule has 0 atom stereocenters. The number of aryl methyl sites for hydroxylation is 2. The lowest BCUT2D eigenvalue weighted by Gasteiger charge is -2.09. The van der Waals surface area contributed by atoms with Gasteiger partial charge in [-0.2, -0.15) is 10.4 Å². The lowest BCUT2D eigenvalue weighted by molar-refractivity contribution is 0.863. The largest absolute Gasteiger partial charge is 0.382 e. The average Bonchev–Trinajstić information content (AvgIpc) is 2.58. The Hall–Kier alpha value is -2.28. The van der Waals surface area contributed by atoms with Crippen LogP contribution in [0.3, 0.4) is 0 Å². The van der Waals surface area contributed by atoms with Crippen LogP contribution in [-0.2, 0) is 0 Å². The Balaban J connectivity index is 2.70. The molecule has 0 amide bonds. The SMILES string of the molecule is Cc1cccc(-n2nc(C)c(C#N)c2N)c1C. The van der Waals surface area contributed by atoms with Crippen LogP contribution >= 0.6 is 0 Å². The summed E-state index contributed by atoms with van der Waals surface area (Å²) in [4.78, 5) is 0. The van der Waals surface area contributed by atoms with Crippen molar-refractivity contribution in [2.45, 2.75) is 20.8 Å². The summed E-state index contributed by atoms with van der Waals surface area (Å²) in [7, 11) is 0. The highest BCUT2D eigenvalue weighted by atomic mass is 15.3. The Morgan fingerprint density at radius 3 is 2.59 bits per heavy atom. The van der Waals surface area contributed by atoms with Crippen molar-refractivity contribution in [3.63, 3.8) is 0 Å². The maximum absolute atomic E-state index is 9.00. The van der Waals surface area contributed by atoms with E-state index in [1.807, 2.05) is 32.0 Å². The van der Waals surface area contributed by atoms with E-state index >= 15 is 0 Å². The summed E-state index contributed by atoms with van der Waals surface area (Å²) in [5.74, 6) is 0.402. The highest BCUT2D eigenvalue weighted by molar-refractivity contribution is 5.58. The van der Waals surface area contributed by atoms with Crippen LogP contribution in [0.15, 0.2) is 18.2 Å². The number of nitrogen functional groups attached to an aromatic ring is 1. The van der Waals surface area contributed by atoms with Gasteiger partial charge in [-0.1, -0.05) is 12.1 Å². The van der Waals surface area contributed by atoms with E-state index in [0.29, 0.717) is 17.1 Å². The van der Waals surface area contributed by atoms with Crippen LogP contribution < -0.4 is 5.73 Å². The Morgan fingerprint density at radius 1 is 1.29 bits per heavy atom. The second-order valence-corrected chi connectivity index (χ2v) is 4.09. The van der Waals surface area contributed by atoms with Gasteiger partial charge in [0.25, 0.3) is 0 Å². The van der Waals surface area contributed by atoms with E-state index in [-0.39, 0.29) is 0 Å². The fourth-order valence-electron chi connectivity index (χ4n) is 1.83. The molecule has 0 aliphatic carbocycles. The van der Waals surface area contributed by atoms with Crippen molar-refractivity contribution < 1.29 is 0 Å². The van der Waals surface area contributed by atoms with E-state index in [1.165, 1.54) is 5.56 Å². The molecule has 0 spiro atoms. The summed E-state index contributed by atoms with van der Waals surface area (Å²) in [5.41, 5.74) is 10.3. The minimum absolute atomic E-state index is 0.402. The summed E-state index contributed by atoms with van der Waals surface area (Å²) in [5, 5.41) is 13.3. The van der Waals surface area contributed by atoms with Crippen LogP contribution in [0.5, 0.6) is 0 Å². The number of rotatable bonds is 1. The number of nitriles is 1. The monoisotopic (exact) mass is 226 g/mol. The fraction of sp³-hybridized carbons (Fsp3) is 0.231. The molecule has 0 unspecified atom stereocenters. The van der Waals surface area contributed by atoms with E-state index in [4.69, 9.17) is 11.0 Å². The number of nitrogens with zero attached hydrogens (tertiary/aromatic N) is 3. The van der Waals surface area contributed by atoms with Gasteiger partial charge in [-0.3, -0.25) is 0 Å². The third kappa shape index (κ3) is 1.66. The van der Waals surface area contributed by atoms with Crippen molar-refractivity contribution in [3.8, 4) is 11.8 Å². The van der Waals surface area contributed by atoms with Gasteiger partial charge in [0.2, 0.25) is 0 Å². The first-order valence-electron chi connectivity index (χ1n) is 5.38. The number of hydrogen-bond acceptors (Lipinski definition) is 3. The molecule has 0 saturated carbocycles. The lowest BCUT2D eigenvalue weighted by Crippen LogP contribution is -2.05. The Morgan fingerprint density at radius 2 is 2.00 bits per heavy atom. The molecule has 17 heavy (non-hydrogen) atoms. The minimum atomic E-state index is 0.402. The van der Waals surface area contributed by atoms with Crippen molar-refractivity contribution in [3.05, 3.63) is 40.6 Å². The van der Waals surface area contributed by atoms with E-state index in [2.05, 4.69) is 11.2 Å². The maximum atomic E-state index is 9.00. The fourth-order valence-corrected chi connectivity index (χ4v) is 1.83. The molecule has 0 aliphatic heterocycles. The molecule has 2 aromatic rings. The van der Waals surface area contributed by atoms with Gasteiger partial charge in [0.15, 0.2) is 0 Å². The first-order valence-corrected chi connectivity index (χ1v) is 5.38. The zero-order chi connectivity index (χ0) is 12.6. The molecule has 1 aromatic heterocycles. The van der Waals surface area contributed by atoms with Gasteiger partial charge in [0, 0.05) is 0 Å². The van der Waals surface area contributed by atoms with E-state index < -0.39 is 0 Å². The summed E-state index contributed by atoms with van der Waals surface area (Å²) < 4.78 is 1.64. The standard InChI is InChI=1S/C13H14N4/c1-8-5-4-6-12(9(8)2)17-13(15)11(7-14)10(3)16-17/h4-6H,15H2,1-3H3. The third-order valence-corrected chi connectivity index (χ3v) is 3.01. The molecule has 86 valence electrons. The van der Waals surface area contributed by atoms with Crippen molar-refractivity contribution in [2.75, 3.05) is 5.73 Å². The molecule has 0 saturated heterocycles. The first kappa shape index (κ1) is 11.2. The molecule has 2 rings (SSSR count). The molecule has 4 heteroatoms. The summed E-state index contributed by atoms with van der Waals surface area (Å²) in [6.45, 7) is 5.85. The minimum Gasteiger partial charge on any atom is -0.382 e. The van der Waals surface area contributed by atoms with Crippen LogP contribution in [0.2, 0.25) is 0 Å². The number of anilines is 1. The highest BCUT2D eigenvalue weighted by Gasteiger charge is 2.14. The molecule has 4 nitrogen and oxygen atoms in total. The van der Waals surface area contributed by atoms with Gasteiger partial charge in [0.1, 0.15) is 17.5 Å². The third-order valence-electron chi connectivity index (χ3n) is 3.01. The molecule has 0 radical (unpaired) electrons. The Kier molecular flexibility index (Phi) is 2.60. The van der Waals surface area contributed by atoms with Crippen molar-refractivity contribution in [1.29, 1.82) is 5.26 Å².